The van der Waals surface area contributed by atoms with E-state index in [4.69, 9.17) is 4.42 Å². The minimum atomic E-state index is -0.203. The minimum Gasteiger partial charge on any atom is -0.441 e. The third-order valence-corrected chi connectivity index (χ3v) is 2.76. The zero-order chi connectivity index (χ0) is 13.0. The molecule has 0 bridgehead atoms. The Morgan fingerprint density at radius 2 is 2.22 bits per heavy atom. The van der Waals surface area contributed by atoms with Crippen molar-refractivity contribution in [2.24, 2.45) is 0 Å². The van der Waals surface area contributed by atoms with Crippen LogP contribution in [0, 0.1) is 12.7 Å². The Balaban J connectivity index is 2.11. The first kappa shape index (κ1) is 12.8. The van der Waals surface area contributed by atoms with Gasteiger partial charge in [-0.05, 0) is 37.2 Å². The van der Waals surface area contributed by atoms with Crippen LogP contribution < -0.4 is 5.32 Å². The number of hydrogen-bond acceptors (Lipinski definition) is 3. The SMILES string of the molecule is CCNCCc1ncc(-c2ccc(F)c(C)c2)o1. The predicted octanol–water partition coefficient (Wildman–Crippen LogP) is 2.94. The van der Waals surface area contributed by atoms with E-state index < -0.39 is 0 Å². The third kappa shape index (κ3) is 2.96. The zero-order valence-electron chi connectivity index (χ0n) is 10.7. The Morgan fingerprint density at radius 3 is 2.94 bits per heavy atom. The lowest BCUT2D eigenvalue weighted by atomic mass is 10.1. The van der Waals surface area contributed by atoms with Gasteiger partial charge in [0.15, 0.2) is 11.7 Å². The fraction of sp³-hybridized carbons (Fsp3) is 0.357. The first-order valence-electron chi connectivity index (χ1n) is 6.12. The quantitative estimate of drug-likeness (QED) is 0.827. The molecule has 0 atom stereocenters. The summed E-state index contributed by atoms with van der Waals surface area (Å²) in [5.41, 5.74) is 1.47. The molecule has 4 heteroatoms. The Kier molecular flexibility index (Phi) is 4.10. The van der Waals surface area contributed by atoms with Gasteiger partial charge in [0.25, 0.3) is 0 Å². The highest BCUT2D eigenvalue weighted by molar-refractivity contribution is 5.57. The molecule has 0 radical (unpaired) electrons. The highest BCUT2D eigenvalue weighted by Crippen LogP contribution is 2.22. The summed E-state index contributed by atoms with van der Waals surface area (Å²) in [4.78, 5) is 4.22. The van der Waals surface area contributed by atoms with E-state index in [-0.39, 0.29) is 5.82 Å². The zero-order valence-corrected chi connectivity index (χ0v) is 10.7. The molecule has 0 spiro atoms. The van der Waals surface area contributed by atoms with E-state index in [1.54, 1.807) is 25.3 Å². The predicted molar refractivity (Wildman–Crippen MR) is 68.9 cm³/mol. The molecular weight excluding hydrogens is 231 g/mol. The second kappa shape index (κ2) is 5.78. The highest BCUT2D eigenvalue weighted by Gasteiger charge is 2.07. The summed E-state index contributed by atoms with van der Waals surface area (Å²) in [6, 6.07) is 4.92. The van der Waals surface area contributed by atoms with Gasteiger partial charge in [-0.1, -0.05) is 6.92 Å². The van der Waals surface area contributed by atoms with Crippen molar-refractivity contribution in [2.75, 3.05) is 13.1 Å². The molecule has 0 unspecified atom stereocenters. The first-order chi connectivity index (χ1) is 8.70. The van der Waals surface area contributed by atoms with E-state index in [1.807, 2.05) is 0 Å². The van der Waals surface area contributed by atoms with Crippen LogP contribution in [0.5, 0.6) is 0 Å². The minimum absolute atomic E-state index is 0.203. The van der Waals surface area contributed by atoms with Gasteiger partial charge in [-0.3, -0.25) is 0 Å². The van der Waals surface area contributed by atoms with Crippen molar-refractivity contribution < 1.29 is 8.81 Å². The third-order valence-electron chi connectivity index (χ3n) is 2.76. The van der Waals surface area contributed by atoms with Gasteiger partial charge in [-0.25, -0.2) is 9.37 Å². The van der Waals surface area contributed by atoms with Crippen molar-refractivity contribution in [2.45, 2.75) is 20.3 Å². The molecule has 3 nitrogen and oxygen atoms in total. The standard InChI is InChI=1S/C14H17FN2O/c1-3-16-7-6-14-17-9-13(18-14)11-4-5-12(15)10(2)8-11/h4-5,8-9,16H,3,6-7H2,1-2H3. The topological polar surface area (TPSA) is 38.1 Å². The molecule has 0 amide bonds. The fourth-order valence-electron chi connectivity index (χ4n) is 1.73. The summed E-state index contributed by atoms with van der Waals surface area (Å²) < 4.78 is 18.8. The number of aromatic nitrogens is 1. The monoisotopic (exact) mass is 248 g/mol. The average Bonchev–Trinajstić information content (AvgIpc) is 2.82. The van der Waals surface area contributed by atoms with Gasteiger partial charge >= 0.3 is 0 Å². The van der Waals surface area contributed by atoms with Crippen LogP contribution in [0.1, 0.15) is 18.4 Å². The van der Waals surface area contributed by atoms with Gasteiger partial charge < -0.3 is 9.73 Å². The van der Waals surface area contributed by atoms with Crippen molar-refractivity contribution >= 4 is 0 Å². The molecule has 0 aliphatic rings. The van der Waals surface area contributed by atoms with Gasteiger partial charge in [0.2, 0.25) is 0 Å². The molecule has 2 rings (SSSR count). The summed E-state index contributed by atoms with van der Waals surface area (Å²) >= 11 is 0. The van der Waals surface area contributed by atoms with Gasteiger partial charge in [0.1, 0.15) is 5.82 Å². The normalized spacial score (nSPS) is 10.8. The maximum atomic E-state index is 13.2. The number of hydrogen-bond donors (Lipinski definition) is 1. The number of rotatable bonds is 5. The van der Waals surface area contributed by atoms with Crippen LogP contribution in [-0.2, 0) is 6.42 Å². The molecule has 1 aromatic carbocycles. The molecule has 0 saturated heterocycles. The summed E-state index contributed by atoms with van der Waals surface area (Å²) in [5, 5.41) is 3.21. The Labute approximate surface area is 106 Å². The van der Waals surface area contributed by atoms with Crippen molar-refractivity contribution in [3.05, 3.63) is 41.7 Å². The number of likely N-dealkylation sites (N-methyl/N-ethyl adjacent to an activating group) is 1. The number of nitrogens with one attached hydrogen (secondary N) is 1. The molecule has 0 aliphatic heterocycles. The summed E-state index contributed by atoms with van der Waals surface area (Å²) in [6.45, 7) is 5.58. The van der Waals surface area contributed by atoms with Crippen LogP contribution in [0.3, 0.4) is 0 Å². The number of aryl methyl sites for hydroxylation is 1. The summed E-state index contributed by atoms with van der Waals surface area (Å²) in [7, 11) is 0. The van der Waals surface area contributed by atoms with Gasteiger partial charge in [-0.2, -0.15) is 0 Å². The fourth-order valence-corrected chi connectivity index (χ4v) is 1.73. The van der Waals surface area contributed by atoms with Gasteiger partial charge in [0.05, 0.1) is 6.20 Å². The molecule has 1 aromatic heterocycles. The van der Waals surface area contributed by atoms with Crippen molar-refractivity contribution in [3.8, 4) is 11.3 Å². The van der Waals surface area contributed by atoms with Crippen LogP contribution in [0.4, 0.5) is 4.39 Å². The van der Waals surface area contributed by atoms with E-state index in [0.717, 1.165) is 25.1 Å². The lowest BCUT2D eigenvalue weighted by molar-refractivity contribution is 0.497. The molecule has 1 N–H and O–H groups in total. The summed E-state index contributed by atoms with van der Waals surface area (Å²) in [6.07, 6.45) is 2.45. The van der Waals surface area contributed by atoms with E-state index in [0.29, 0.717) is 17.2 Å². The van der Waals surface area contributed by atoms with Crippen LogP contribution in [0.15, 0.2) is 28.8 Å². The van der Waals surface area contributed by atoms with Gasteiger partial charge in [0, 0.05) is 18.5 Å². The van der Waals surface area contributed by atoms with Crippen molar-refractivity contribution in [1.82, 2.24) is 10.3 Å². The first-order valence-corrected chi connectivity index (χ1v) is 6.12. The van der Waals surface area contributed by atoms with Gasteiger partial charge in [-0.15, -0.1) is 0 Å². The summed E-state index contributed by atoms with van der Waals surface area (Å²) in [5.74, 6) is 1.18. The molecule has 0 saturated carbocycles. The van der Waals surface area contributed by atoms with Crippen LogP contribution >= 0.6 is 0 Å². The smallest absolute Gasteiger partial charge is 0.196 e. The molecular formula is C14H17FN2O. The molecule has 96 valence electrons. The Hall–Kier alpha value is -1.68. The molecule has 2 aromatic rings. The van der Waals surface area contributed by atoms with Crippen molar-refractivity contribution in [1.29, 1.82) is 0 Å². The second-order valence-corrected chi connectivity index (χ2v) is 4.19. The lowest BCUT2D eigenvalue weighted by Gasteiger charge is -2.00. The molecule has 0 fully saturated rings. The molecule has 1 heterocycles. The second-order valence-electron chi connectivity index (χ2n) is 4.19. The van der Waals surface area contributed by atoms with E-state index >= 15 is 0 Å². The van der Waals surface area contributed by atoms with E-state index in [1.165, 1.54) is 6.07 Å². The Bertz CT molecular complexity index is 522. The number of nitrogens with zero attached hydrogens (tertiary/aromatic N) is 1. The number of benzene rings is 1. The maximum Gasteiger partial charge on any atom is 0.196 e. The van der Waals surface area contributed by atoms with Crippen molar-refractivity contribution in [3.63, 3.8) is 0 Å². The van der Waals surface area contributed by atoms with E-state index in [2.05, 4.69) is 17.2 Å². The highest BCUT2D eigenvalue weighted by atomic mass is 19.1. The van der Waals surface area contributed by atoms with E-state index in [9.17, 15) is 4.39 Å². The van der Waals surface area contributed by atoms with Crippen LogP contribution in [0.2, 0.25) is 0 Å². The molecule has 0 aliphatic carbocycles. The maximum absolute atomic E-state index is 13.2. The molecule has 18 heavy (non-hydrogen) atoms. The average molecular weight is 248 g/mol. The number of oxazole rings is 1. The Morgan fingerprint density at radius 1 is 1.39 bits per heavy atom. The lowest BCUT2D eigenvalue weighted by Crippen LogP contribution is -2.16. The van der Waals surface area contributed by atoms with Crippen LogP contribution in [-0.4, -0.2) is 18.1 Å². The number of halogens is 1. The van der Waals surface area contributed by atoms with Crippen LogP contribution in [0.25, 0.3) is 11.3 Å². The largest absolute Gasteiger partial charge is 0.441 e.